The van der Waals surface area contributed by atoms with Gasteiger partial charge in [0.1, 0.15) is 5.82 Å². The van der Waals surface area contributed by atoms with Crippen molar-refractivity contribution in [3.63, 3.8) is 0 Å². The van der Waals surface area contributed by atoms with Crippen LogP contribution >= 0.6 is 0 Å². The Morgan fingerprint density at radius 1 is 1.14 bits per heavy atom. The number of sulfonamides is 1. The fraction of sp³-hybridized carbons (Fsp3) is 0.250. The van der Waals surface area contributed by atoms with Crippen molar-refractivity contribution >= 4 is 15.7 Å². The van der Waals surface area contributed by atoms with Gasteiger partial charge in [-0.1, -0.05) is 23.4 Å². The lowest BCUT2D eigenvalue weighted by Crippen LogP contribution is -2.37. The summed E-state index contributed by atoms with van der Waals surface area (Å²) in [5.74, 6) is -1.62. The summed E-state index contributed by atoms with van der Waals surface area (Å²) in [7, 11) is -3.52. The van der Waals surface area contributed by atoms with E-state index in [1.54, 1.807) is 12.1 Å². The molecule has 1 aliphatic rings. The van der Waals surface area contributed by atoms with Crippen molar-refractivity contribution in [3.8, 4) is 11.4 Å². The second-order valence-corrected chi connectivity index (χ2v) is 8.02. The Kier molecular flexibility index (Phi) is 4.29. The summed E-state index contributed by atoms with van der Waals surface area (Å²) in [5, 5.41) is 3.26. The second kappa shape index (κ2) is 6.55. The average Bonchev–Trinajstić information content (AvgIpc) is 3.15. The lowest BCUT2D eigenvalue weighted by atomic mass is 10.1. The van der Waals surface area contributed by atoms with Crippen LogP contribution in [0.4, 0.5) is 18.9 Å². The molecule has 0 aliphatic carbocycles. The molecule has 3 aromatic rings. The molecule has 146 valence electrons. The highest BCUT2D eigenvalue weighted by molar-refractivity contribution is 7.92. The maximum Gasteiger partial charge on any atom is 0.471 e. The largest absolute Gasteiger partial charge is 0.471 e. The van der Waals surface area contributed by atoms with E-state index in [9.17, 15) is 21.6 Å². The number of anilines is 1. The molecule has 28 heavy (non-hydrogen) atoms. The summed E-state index contributed by atoms with van der Waals surface area (Å²) in [6, 6.07) is 7.14. The molecule has 1 aliphatic heterocycles. The van der Waals surface area contributed by atoms with Crippen LogP contribution in [0.2, 0.25) is 0 Å². The normalized spacial score (nSPS) is 16.0. The van der Waals surface area contributed by atoms with E-state index in [4.69, 9.17) is 0 Å². The van der Waals surface area contributed by atoms with Gasteiger partial charge in [0.25, 0.3) is 0 Å². The van der Waals surface area contributed by atoms with Crippen LogP contribution in [-0.4, -0.2) is 34.3 Å². The predicted octanol–water partition coefficient (Wildman–Crippen LogP) is 2.44. The number of para-hydroxylation sites is 1. The molecule has 0 amide bonds. The summed E-state index contributed by atoms with van der Waals surface area (Å²) in [4.78, 5) is 11.3. The predicted molar refractivity (Wildman–Crippen MR) is 90.4 cm³/mol. The van der Waals surface area contributed by atoms with Crippen LogP contribution in [0.25, 0.3) is 11.4 Å². The van der Waals surface area contributed by atoms with Crippen molar-refractivity contribution < 1.29 is 26.1 Å². The van der Waals surface area contributed by atoms with Gasteiger partial charge in [0, 0.05) is 12.4 Å². The van der Waals surface area contributed by atoms with Gasteiger partial charge in [0.2, 0.25) is 15.8 Å². The van der Waals surface area contributed by atoms with Crippen LogP contribution in [0.3, 0.4) is 0 Å². The van der Waals surface area contributed by atoms with Crippen molar-refractivity contribution in [1.82, 2.24) is 20.1 Å². The molecule has 8 nitrogen and oxygen atoms in total. The topological polar surface area (TPSA) is 102 Å². The molecule has 0 saturated heterocycles. The SMILES string of the molecule is O=S1(=O)CCc2ccccc2N1Cc1ncc(-c2noc(C(F)(F)F)n2)cn1. The summed E-state index contributed by atoms with van der Waals surface area (Å²) in [6.07, 6.45) is -1.89. The van der Waals surface area contributed by atoms with Crippen LogP contribution in [0, 0.1) is 0 Å². The third kappa shape index (κ3) is 3.42. The van der Waals surface area contributed by atoms with Gasteiger partial charge >= 0.3 is 12.1 Å². The molecule has 0 fully saturated rings. The van der Waals surface area contributed by atoms with E-state index in [1.165, 1.54) is 16.7 Å². The van der Waals surface area contributed by atoms with Gasteiger partial charge in [-0.3, -0.25) is 4.31 Å². The maximum atomic E-state index is 12.5. The van der Waals surface area contributed by atoms with E-state index in [0.717, 1.165) is 5.56 Å². The van der Waals surface area contributed by atoms with Crippen molar-refractivity contribution in [2.24, 2.45) is 0 Å². The molecule has 0 bridgehead atoms. The Labute approximate surface area is 157 Å². The summed E-state index contributed by atoms with van der Waals surface area (Å²) in [6.45, 7) is -0.0975. The zero-order valence-corrected chi connectivity index (χ0v) is 14.9. The molecule has 0 unspecified atom stereocenters. The van der Waals surface area contributed by atoms with Gasteiger partial charge < -0.3 is 4.52 Å². The molecule has 0 atom stereocenters. The zero-order chi connectivity index (χ0) is 19.9. The number of hydrogen-bond donors (Lipinski definition) is 0. The number of aryl methyl sites for hydroxylation is 1. The van der Waals surface area contributed by atoms with Gasteiger partial charge in [-0.25, -0.2) is 18.4 Å². The Morgan fingerprint density at radius 2 is 1.86 bits per heavy atom. The second-order valence-electron chi connectivity index (χ2n) is 6.01. The molecule has 0 spiro atoms. The first-order chi connectivity index (χ1) is 13.2. The Morgan fingerprint density at radius 3 is 2.54 bits per heavy atom. The van der Waals surface area contributed by atoms with Gasteiger partial charge in [-0.05, 0) is 18.1 Å². The number of alkyl halides is 3. The number of rotatable bonds is 3. The van der Waals surface area contributed by atoms with Crippen molar-refractivity contribution in [2.45, 2.75) is 19.1 Å². The Bertz CT molecular complexity index is 1110. The third-order valence-corrected chi connectivity index (χ3v) is 5.86. The van der Waals surface area contributed by atoms with Gasteiger partial charge in [-0.15, -0.1) is 0 Å². The highest BCUT2D eigenvalue weighted by Gasteiger charge is 2.38. The lowest BCUT2D eigenvalue weighted by Gasteiger charge is -2.30. The van der Waals surface area contributed by atoms with Gasteiger partial charge in [0.05, 0.1) is 23.5 Å². The van der Waals surface area contributed by atoms with E-state index >= 15 is 0 Å². The van der Waals surface area contributed by atoms with E-state index in [2.05, 4.69) is 24.6 Å². The van der Waals surface area contributed by atoms with Crippen LogP contribution in [-0.2, 0) is 29.2 Å². The van der Waals surface area contributed by atoms with Crippen LogP contribution in [0.5, 0.6) is 0 Å². The molecule has 4 rings (SSSR count). The highest BCUT2D eigenvalue weighted by Crippen LogP contribution is 2.31. The lowest BCUT2D eigenvalue weighted by molar-refractivity contribution is -0.159. The minimum Gasteiger partial charge on any atom is -0.329 e. The number of nitrogens with zero attached hydrogens (tertiary/aromatic N) is 5. The standard InChI is InChI=1S/C16H12F3N5O3S/c17-16(18,19)15-22-14(23-27-15)11-7-20-13(21-8-11)9-24-12-4-2-1-3-10(12)5-6-28(24,25)26/h1-4,7-8H,5-6,9H2. The first-order valence-electron chi connectivity index (χ1n) is 8.04. The maximum absolute atomic E-state index is 12.5. The van der Waals surface area contributed by atoms with Gasteiger partial charge in [0.15, 0.2) is 0 Å². The van der Waals surface area contributed by atoms with Crippen molar-refractivity contribution in [3.05, 3.63) is 53.9 Å². The third-order valence-electron chi connectivity index (χ3n) is 4.14. The fourth-order valence-corrected chi connectivity index (χ4v) is 4.27. The molecule has 0 N–H and O–H groups in total. The van der Waals surface area contributed by atoms with Crippen LogP contribution in [0.15, 0.2) is 41.2 Å². The van der Waals surface area contributed by atoms with Crippen LogP contribution in [0.1, 0.15) is 17.3 Å². The molecule has 0 radical (unpaired) electrons. The average molecular weight is 411 g/mol. The first-order valence-corrected chi connectivity index (χ1v) is 9.65. The molecule has 2 aromatic heterocycles. The number of fused-ring (bicyclic) bond motifs is 1. The van der Waals surface area contributed by atoms with E-state index in [-0.39, 0.29) is 29.5 Å². The minimum atomic E-state index is -4.75. The smallest absolute Gasteiger partial charge is 0.329 e. The monoisotopic (exact) mass is 411 g/mol. The van der Waals surface area contributed by atoms with E-state index in [0.29, 0.717) is 12.1 Å². The molecule has 1 aromatic carbocycles. The fourth-order valence-electron chi connectivity index (χ4n) is 2.78. The number of benzene rings is 1. The van der Waals surface area contributed by atoms with Gasteiger partial charge in [-0.2, -0.15) is 18.2 Å². The summed E-state index contributed by atoms with van der Waals surface area (Å²) in [5.41, 5.74) is 1.58. The van der Waals surface area contributed by atoms with Crippen molar-refractivity contribution in [1.29, 1.82) is 0 Å². The van der Waals surface area contributed by atoms with Crippen LogP contribution < -0.4 is 4.31 Å². The quantitative estimate of drug-likeness (QED) is 0.652. The molecule has 0 saturated carbocycles. The number of halogens is 3. The minimum absolute atomic E-state index is 0.0226. The molecule has 12 heteroatoms. The zero-order valence-electron chi connectivity index (χ0n) is 14.1. The Balaban J connectivity index is 1.59. The highest BCUT2D eigenvalue weighted by atomic mass is 32.2. The summed E-state index contributed by atoms with van der Waals surface area (Å²) < 4.78 is 68.0. The van der Waals surface area contributed by atoms with E-state index < -0.39 is 22.1 Å². The number of aromatic nitrogens is 4. The number of hydrogen-bond acceptors (Lipinski definition) is 7. The molecular formula is C16H12F3N5O3S. The Hall–Kier alpha value is -3.02. The van der Waals surface area contributed by atoms with E-state index in [1.807, 2.05) is 12.1 Å². The molecular weight excluding hydrogens is 399 g/mol. The molecule has 3 heterocycles. The first kappa shape index (κ1) is 18.3. The summed E-state index contributed by atoms with van der Waals surface area (Å²) >= 11 is 0. The van der Waals surface area contributed by atoms with Crippen molar-refractivity contribution in [2.75, 3.05) is 10.1 Å².